The van der Waals surface area contributed by atoms with Gasteiger partial charge in [0.05, 0.1) is 0 Å². The van der Waals surface area contributed by atoms with Crippen LogP contribution in [0.4, 0.5) is 0 Å². The summed E-state index contributed by atoms with van der Waals surface area (Å²) in [6, 6.07) is 0. The SMILES string of the molecule is C[CH]SC(CC)C(C)C. The van der Waals surface area contributed by atoms with Gasteiger partial charge < -0.3 is 0 Å². The summed E-state index contributed by atoms with van der Waals surface area (Å²) in [4.78, 5) is 0. The summed E-state index contributed by atoms with van der Waals surface area (Å²) in [5, 5.41) is 0.829. The molecule has 0 heterocycles. The van der Waals surface area contributed by atoms with Crippen LogP contribution in [0.1, 0.15) is 34.1 Å². The molecule has 0 rings (SSSR count). The van der Waals surface area contributed by atoms with Crippen molar-refractivity contribution < 1.29 is 0 Å². The molecule has 0 amide bonds. The first-order valence-electron chi connectivity index (χ1n) is 3.65. The molecule has 55 valence electrons. The van der Waals surface area contributed by atoms with Crippen molar-refractivity contribution in [1.82, 2.24) is 0 Å². The van der Waals surface area contributed by atoms with Crippen molar-refractivity contribution in [2.45, 2.75) is 39.4 Å². The fourth-order valence-electron chi connectivity index (χ4n) is 0.900. The number of thioether (sulfide) groups is 1. The van der Waals surface area contributed by atoms with Gasteiger partial charge in [-0.3, -0.25) is 0 Å². The lowest BCUT2D eigenvalue weighted by molar-refractivity contribution is 0.595. The predicted octanol–water partition coefficient (Wildman–Crippen LogP) is 3.34. The minimum Gasteiger partial charge on any atom is -0.154 e. The van der Waals surface area contributed by atoms with Gasteiger partial charge in [0.25, 0.3) is 0 Å². The van der Waals surface area contributed by atoms with Gasteiger partial charge in [-0.15, -0.1) is 0 Å². The molecular formula is C8H17S. The molecule has 0 fully saturated rings. The first kappa shape index (κ1) is 9.35. The minimum absolute atomic E-state index is 0.816. The highest BCUT2D eigenvalue weighted by atomic mass is 32.2. The van der Waals surface area contributed by atoms with Gasteiger partial charge in [-0.05, 0) is 12.3 Å². The zero-order valence-electron chi connectivity index (χ0n) is 6.85. The van der Waals surface area contributed by atoms with Gasteiger partial charge in [-0.2, -0.15) is 11.8 Å². The lowest BCUT2D eigenvalue weighted by Gasteiger charge is -2.16. The van der Waals surface area contributed by atoms with Crippen LogP contribution in [0.25, 0.3) is 0 Å². The Labute approximate surface area is 63.4 Å². The third-order valence-corrected chi connectivity index (χ3v) is 2.96. The third-order valence-electron chi connectivity index (χ3n) is 1.46. The fourth-order valence-corrected chi connectivity index (χ4v) is 1.76. The summed E-state index contributed by atoms with van der Waals surface area (Å²) in [5.74, 6) is 3.00. The molecule has 0 N–H and O–H groups in total. The molecule has 0 aliphatic carbocycles. The van der Waals surface area contributed by atoms with Crippen molar-refractivity contribution in [1.29, 1.82) is 0 Å². The van der Waals surface area contributed by atoms with Crippen molar-refractivity contribution in [2.24, 2.45) is 5.92 Å². The highest BCUT2D eigenvalue weighted by molar-refractivity contribution is 8.01. The van der Waals surface area contributed by atoms with Crippen LogP contribution in [0.3, 0.4) is 0 Å². The second-order valence-electron chi connectivity index (χ2n) is 2.56. The molecule has 1 heteroatoms. The molecule has 0 aromatic carbocycles. The molecule has 1 unspecified atom stereocenters. The van der Waals surface area contributed by atoms with Crippen LogP contribution in [0.5, 0.6) is 0 Å². The van der Waals surface area contributed by atoms with E-state index in [2.05, 4.69) is 33.4 Å². The van der Waals surface area contributed by atoms with Gasteiger partial charge in [0.1, 0.15) is 0 Å². The summed E-state index contributed by atoms with van der Waals surface area (Å²) in [5.41, 5.74) is 0. The maximum Gasteiger partial charge on any atom is 0.0138 e. The van der Waals surface area contributed by atoms with Crippen LogP contribution < -0.4 is 0 Å². The Morgan fingerprint density at radius 1 is 1.44 bits per heavy atom. The van der Waals surface area contributed by atoms with Gasteiger partial charge in [0, 0.05) is 11.0 Å². The van der Waals surface area contributed by atoms with Crippen LogP contribution in [0.2, 0.25) is 0 Å². The molecule has 0 saturated heterocycles. The average Bonchev–Trinajstić information content (AvgIpc) is 1.82. The summed E-state index contributed by atoms with van der Waals surface area (Å²) in [6.07, 6.45) is 1.28. The first-order chi connectivity index (χ1) is 4.22. The normalized spacial score (nSPS) is 14.3. The zero-order chi connectivity index (χ0) is 7.28. The number of hydrogen-bond acceptors (Lipinski definition) is 1. The van der Waals surface area contributed by atoms with Crippen LogP contribution in [0.15, 0.2) is 0 Å². The van der Waals surface area contributed by atoms with Gasteiger partial charge >= 0.3 is 0 Å². The van der Waals surface area contributed by atoms with E-state index < -0.39 is 0 Å². The number of rotatable bonds is 4. The van der Waals surface area contributed by atoms with E-state index in [0.717, 1.165) is 11.2 Å². The van der Waals surface area contributed by atoms with Crippen molar-refractivity contribution >= 4 is 11.8 Å². The molecule has 1 atom stereocenters. The van der Waals surface area contributed by atoms with E-state index in [9.17, 15) is 0 Å². The topological polar surface area (TPSA) is 0 Å². The van der Waals surface area contributed by atoms with E-state index >= 15 is 0 Å². The van der Waals surface area contributed by atoms with Gasteiger partial charge in [-0.1, -0.05) is 27.7 Å². The smallest absolute Gasteiger partial charge is 0.0138 e. The second-order valence-corrected chi connectivity index (χ2v) is 3.91. The quantitative estimate of drug-likeness (QED) is 0.584. The molecule has 0 aromatic rings. The molecule has 0 bridgehead atoms. The maximum absolute atomic E-state index is 2.28. The van der Waals surface area contributed by atoms with Crippen LogP contribution >= 0.6 is 11.8 Å². The van der Waals surface area contributed by atoms with Gasteiger partial charge in [0.15, 0.2) is 0 Å². The summed E-state index contributed by atoms with van der Waals surface area (Å²) >= 11 is 1.96. The second kappa shape index (κ2) is 5.16. The molecule has 0 aliphatic rings. The van der Waals surface area contributed by atoms with E-state index in [-0.39, 0.29) is 0 Å². The van der Waals surface area contributed by atoms with E-state index in [1.165, 1.54) is 6.42 Å². The van der Waals surface area contributed by atoms with Crippen molar-refractivity contribution in [3.05, 3.63) is 5.75 Å². The predicted molar refractivity (Wildman–Crippen MR) is 46.5 cm³/mol. The lowest BCUT2D eigenvalue weighted by Crippen LogP contribution is -2.08. The summed E-state index contributed by atoms with van der Waals surface area (Å²) in [6.45, 7) is 8.92. The van der Waals surface area contributed by atoms with Crippen LogP contribution in [0, 0.1) is 11.7 Å². The minimum atomic E-state index is 0.816. The maximum atomic E-state index is 2.28. The standard InChI is InChI=1S/C8H17S/c1-5-8(7(3)4)9-6-2/h6-8H,5H2,1-4H3. The molecule has 9 heavy (non-hydrogen) atoms. The molecule has 1 radical (unpaired) electrons. The Morgan fingerprint density at radius 2 is 2.00 bits per heavy atom. The zero-order valence-corrected chi connectivity index (χ0v) is 7.66. The number of hydrogen-bond donors (Lipinski definition) is 0. The Bertz CT molecular complexity index is 59.6. The Morgan fingerprint density at radius 3 is 2.11 bits per heavy atom. The molecular weight excluding hydrogens is 128 g/mol. The fraction of sp³-hybridized carbons (Fsp3) is 0.875. The van der Waals surface area contributed by atoms with Crippen molar-refractivity contribution in [3.8, 4) is 0 Å². The average molecular weight is 145 g/mol. The third kappa shape index (κ3) is 3.85. The first-order valence-corrected chi connectivity index (χ1v) is 4.59. The molecule has 0 nitrogen and oxygen atoms in total. The molecule has 0 spiro atoms. The summed E-state index contributed by atoms with van der Waals surface area (Å²) in [7, 11) is 0. The largest absolute Gasteiger partial charge is 0.154 e. The molecule has 0 saturated carbocycles. The Balaban J connectivity index is 3.41. The highest BCUT2D eigenvalue weighted by Crippen LogP contribution is 2.23. The van der Waals surface area contributed by atoms with Crippen molar-refractivity contribution in [3.63, 3.8) is 0 Å². The highest BCUT2D eigenvalue weighted by Gasteiger charge is 2.08. The van der Waals surface area contributed by atoms with Crippen LogP contribution in [-0.2, 0) is 0 Å². The van der Waals surface area contributed by atoms with Crippen LogP contribution in [-0.4, -0.2) is 5.25 Å². The lowest BCUT2D eigenvalue weighted by atomic mass is 10.1. The Hall–Kier alpha value is 0.350. The van der Waals surface area contributed by atoms with Gasteiger partial charge in [-0.25, -0.2) is 0 Å². The van der Waals surface area contributed by atoms with Crippen molar-refractivity contribution in [2.75, 3.05) is 0 Å². The summed E-state index contributed by atoms with van der Waals surface area (Å²) < 4.78 is 0. The molecule has 0 aromatic heterocycles. The molecule has 0 aliphatic heterocycles. The van der Waals surface area contributed by atoms with E-state index in [1.807, 2.05) is 11.8 Å². The van der Waals surface area contributed by atoms with Gasteiger partial charge in [0.2, 0.25) is 0 Å². The Kier molecular flexibility index (Phi) is 5.36. The van der Waals surface area contributed by atoms with E-state index in [0.29, 0.717) is 0 Å². The van der Waals surface area contributed by atoms with E-state index in [4.69, 9.17) is 0 Å². The monoisotopic (exact) mass is 145 g/mol. The van der Waals surface area contributed by atoms with E-state index in [1.54, 1.807) is 0 Å².